The normalized spacial score (nSPS) is 13.7. The van der Waals surface area contributed by atoms with Crippen LogP contribution in [0, 0.1) is 27.2 Å². The number of benzene rings is 2. The fourth-order valence-electron chi connectivity index (χ4n) is 4.08. The van der Waals surface area contributed by atoms with E-state index in [1.54, 1.807) is 13.8 Å². The highest BCUT2D eigenvalue weighted by Crippen LogP contribution is 2.40. The minimum absolute atomic E-state index is 0.113. The highest BCUT2D eigenvalue weighted by atomic mass is 32.1. The van der Waals surface area contributed by atoms with Gasteiger partial charge in [0.2, 0.25) is 0 Å². The Balaban J connectivity index is 1.68. The molecule has 2 heterocycles. The van der Waals surface area contributed by atoms with E-state index in [2.05, 4.69) is 20.9 Å². The fraction of sp³-hybridized carbons (Fsp3) is 0.160. The van der Waals surface area contributed by atoms with Crippen molar-refractivity contribution in [3.63, 3.8) is 0 Å². The summed E-state index contributed by atoms with van der Waals surface area (Å²) < 4.78 is 0. The van der Waals surface area contributed by atoms with Gasteiger partial charge in [-0.1, -0.05) is 0 Å². The van der Waals surface area contributed by atoms with E-state index in [0.29, 0.717) is 27.8 Å². The van der Waals surface area contributed by atoms with Gasteiger partial charge in [0.05, 0.1) is 26.9 Å². The van der Waals surface area contributed by atoms with E-state index in [1.165, 1.54) is 59.9 Å². The molecule has 1 aromatic heterocycles. The first-order valence-corrected chi connectivity index (χ1v) is 12.1. The number of nitrogens with zero attached hydrogens (tertiary/aromatic N) is 3. The van der Waals surface area contributed by atoms with Gasteiger partial charge in [-0.05, 0) is 45.0 Å². The highest BCUT2D eigenvalue weighted by Gasteiger charge is 2.38. The van der Waals surface area contributed by atoms with E-state index in [0.717, 1.165) is 5.69 Å². The quantitative estimate of drug-likeness (QED) is 0.287. The summed E-state index contributed by atoms with van der Waals surface area (Å²) in [5, 5.41) is 32.9. The molecule has 4 rings (SSSR count). The Bertz CT molecular complexity index is 1410. The van der Waals surface area contributed by atoms with Gasteiger partial charge in [0.15, 0.2) is 0 Å². The van der Waals surface area contributed by atoms with Crippen LogP contribution in [0.25, 0.3) is 0 Å². The number of anilines is 2. The van der Waals surface area contributed by atoms with Crippen molar-refractivity contribution in [2.24, 2.45) is 0 Å². The number of nitro benzene ring substituents is 2. The number of non-ortho nitro benzene ring substituents is 2. The molecule has 3 aromatic rings. The molecule has 0 saturated heterocycles. The van der Waals surface area contributed by atoms with E-state index in [1.807, 2.05) is 12.3 Å². The second-order valence-electron chi connectivity index (χ2n) is 8.48. The number of carbonyl (C=O) groups excluding carboxylic acids is 2. The third-order valence-corrected chi connectivity index (χ3v) is 6.83. The van der Waals surface area contributed by atoms with Crippen molar-refractivity contribution in [3.8, 4) is 0 Å². The van der Waals surface area contributed by atoms with Gasteiger partial charge in [-0.3, -0.25) is 29.8 Å². The second-order valence-corrected chi connectivity index (χ2v) is 9.37. The van der Waals surface area contributed by atoms with Crippen molar-refractivity contribution in [3.05, 3.63) is 107 Å². The molecule has 0 fully saturated rings. The van der Waals surface area contributed by atoms with Crippen LogP contribution in [-0.2, 0) is 9.59 Å². The molecular weight excluding hydrogens is 512 g/mol. The number of amides is 2. The number of allylic oxidation sites excluding steroid dienone is 2. The predicted molar refractivity (Wildman–Crippen MR) is 142 cm³/mol. The first kappa shape index (κ1) is 26.2. The Morgan fingerprint density at radius 1 is 0.816 bits per heavy atom. The minimum atomic E-state index is -0.814. The minimum Gasteiger partial charge on any atom is -0.362 e. The summed E-state index contributed by atoms with van der Waals surface area (Å²) in [6.07, 6.45) is 0. The molecule has 1 aliphatic heterocycles. The zero-order valence-corrected chi connectivity index (χ0v) is 21.3. The first-order chi connectivity index (χ1) is 18.0. The van der Waals surface area contributed by atoms with Gasteiger partial charge in [0.25, 0.3) is 23.2 Å². The Morgan fingerprint density at radius 3 is 1.58 bits per heavy atom. The predicted octanol–water partition coefficient (Wildman–Crippen LogP) is 4.78. The van der Waals surface area contributed by atoms with Crippen LogP contribution in [-0.4, -0.2) is 26.6 Å². The van der Waals surface area contributed by atoms with Crippen LogP contribution in [0.3, 0.4) is 0 Å². The van der Waals surface area contributed by atoms with Crippen LogP contribution < -0.4 is 16.0 Å². The Kier molecular flexibility index (Phi) is 7.30. The summed E-state index contributed by atoms with van der Waals surface area (Å²) in [6, 6.07) is 10.8. The van der Waals surface area contributed by atoms with Crippen LogP contribution in [0.4, 0.5) is 22.7 Å². The molecule has 2 amide bonds. The molecule has 0 unspecified atom stereocenters. The Labute approximate surface area is 220 Å². The number of aromatic nitrogens is 1. The monoisotopic (exact) mass is 534 g/mol. The van der Waals surface area contributed by atoms with Crippen LogP contribution in [0.1, 0.15) is 30.5 Å². The third kappa shape index (κ3) is 5.42. The van der Waals surface area contributed by atoms with Crippen LogP contribution in [0.2, 0.25) is 0 Å². The smallest absolute Gasteiger partial charge is 0.269 e. The molecule has 1 aliphatic rings. The Morgan fingerprint density at radius 2 is 1.24 bits per heavy atom. The maximum Gasteiger partial charge on any atom is 0.269 e. The molecule has 0 saturated carbocycles. The Hall–Kier alpha value is -4.91. The van der Waals surface area contributed by atoms with Crippen molar-refractivity contribution in [2.75, 3.05) is 10.6 Å². The van der Waals surface area contributed by atoms with E-state index in [9.17, 15) is 29.8 Å². The van der Waals surface area contributed by atoms with E-state index in [4.69, 9.17) is 0 Å². The van der Waals surface area contributed by atoms with Gasteiger partial charge in [-0.25, -0.2) is 4.98 Å². The van der Waals surface area contributed by atoms with Crippen LogP contribution in [0.15, 0.2) is 76.5 Å². The lowest BCUT2D eigenvalue weighted by atomic mass is 9.84. The molecule has 0 spiro atoms. The van der Waals surface area contributed by atoms with Crippen molar-refractivity contribution in [1.82, 2.24) is 10.3 Å². The van der Waals surface area contributed by atoms with Gasteiger partial charge in [-0.2, -0.15) is 0 Å². The number of dihydropyridines is 1. The summed E-state index contributed by atoms with van der Waals surface area (Å²) in [6.45, 7) is 5.24. The highest BCUT2D eigenvalue weighted by molar-refractivity contribution is 7.09. The first-order valence-electron chi connectivity index (χ1n) is 11.3. The molecule has 3 N–H and O–H groups in total. The molecular formula is C25H22N6O6S. The number of rotatable bonds is 7. The van der Waals surface area contributed by atoms with Crippen molar-refractivity contribution in [1.29, 1.82) is 0 Å². The number of thiazole rings is 1. The standard InChI is InChI=1S/C25H22N6O6S/c1-13-12-38-25(26-13)22-20(23(32)28-16-4-8-18(9-5-16)30(34)35)14(2)27-15(3)21(22)24(33)29-17-6-10-19(11-7-17)31(36)37/h4-12,22,27H,1-3H3,(H,28,32)(H,29,33). The topological polar surface area (TPSA) is 169 Å². The molecule has 0 atom stereocenters. The molecule has 13 heteroatoms. The summed E-state index contributed by atoms with van der Waals surface area (Å²) in [5.74, 6) is -1.82. The summed E-state index contributed by atoms with van der Waals surface area (Å²) in [7, 11) is 0. The SMILES string of the molecule is CC1=C(C(=O)Nc2ccc([N+](=O)[O-])cc2)C(c2nc(C)cs2)C(C(=O)Nc2ccc([N+](=O)[O-])cc2)=C(C)N1. The van der Waals surface area contributed by atoms with Crippen molar-refractivity contribution < 1.29 is 19.4 Å². The molecule has 0 radical (unpaired) electrons. The van der Waals surface area contributed by atoms with Gasteiger partial charge in [0.1, 0.15) is 5.01 Å². The summed E-state index contributed by atoms with van der Waals surface area (Å²) in [4.78, 5) is 52.5. The maximum atomic E-state index is 13.5. The van der Waals surface area contributed by atoms with Gasteiger partial charge < -0.3 is 16.0 Å². The van der Waals surface area contributed by atoms with Crippen LogP contribution in [0.5, 0.6) is 0 Å². The zero-order chi connectivity index (χ0) is 27.6. The van der Waals surface area contributed by atoms with Crippen molar-refractivity contribution in [2.45, 2.75) is 26.7 Å². The van der Waals surface area contributed by atoms with E-state index < -0.39 is 27.6 Å². The fourth-order valence-corrected chi connectivity index (χ4v) is 4.99. The number of nitro groups is 2. The third-order valence-electron chi connectivity index (χ3n) is 5.81. The summed E-state index contributed by atoms with van der Waals surface area (Å²) in [5.41, 5.74) is 2.75. The lowest BCUT2D eigenvalue weighted by molar-refractivity contribution is -0.385. The largest absolute Gasteiger partial charge is 0.362 e. The van der Waals surface area contributed by atoms with Crippen molar-refractivity contribution >= 4 is 45.9 Å². The van der Waals surface area contributed by atoms with E-state index in [-0.39, 0.29) is 22.5 Å². The number of hydrogen-bond acceptors (Lipinski definition) is 9. The zero-order valence-electron chi connectivity index (χ0n) is 20.5. The second kappa shape index (κ2) is 10.6. The molecule has 38 heavy (non-hydrogen) atoms. The van der Waals surface area contributed by atoms with Gasteiger partial charge in [-0.15, -0.1) is 11.3 Å². The lowest BCUT2D eigenvalue weighted by Crippen LogP contribution is -2.35. The van der Waals surface area contributed by atoms with Crippen LogP contribution >= 0.6 is 11.3 Å². The van der Waals surface area contributed by atoms with Gasteiger partial charge >= 0.3 is 0 Å². The maximum absolute atomic E-state index is 13.5. The molecule has 194 valence electrons. The molecule has 0 bridgehead atoms. The van der Waals surface area contributed by atoms with E-state index >= 15 is 0 Å². The number of aryl methyl sites for hydroxylation is 1. The average molecular weight is 535 g/mol. The molecule has 12 nitrogen and oxygen atoms in total. The number of carbonyl (C=O) groups is 2. The lowest BCUT2D eigenvalue weighted by Gasteiger charge is -2.30. The average Bonchev–Trinajstić information content (AvgIpc) is 3.30. The van der Waals surface area contributed by atoms with Gasteiger partial charge in [0, 0.05) is 58.1 Å². The molecule has 2 aromatic carbocycles. The number of nitrogens with one attached hydrogen (secondary N) is 3. The molecule has 0 aliphatic carbocycles. The number of hydrogen-bond donors (Lipinski definition) is 3. The summed E-state index contributed by atoms with van der Waals surface area (Å²) >= 11 is 1.31.